The maximum Gasteiger partial charge on any atom is 0.267 e. The minimum Gasteiger partial charge on any atom is -0.488 e. The largest absolute Gasteiger partial charge is 0.488 e. The van der Waals surface area contributed by atoms with E-state index in [-0.39, 0.29) is 18.1 Å². The molecule has 1 atom stereocenters. The number of ether oxygens (including phenoxy) is 2. The first-order valence-corrected chi connectivity index (χ1v) is 8.92. The van der Waals surface area contributed by atoms with Gasteiger partial charge in [0.1, 0.15) is 17.4 Å². The highest BCUT2D eigenvalue weighted by atomic mass is 35.5. The number of benzene rings is 1. The Morgan fingerprint density at radius 1 is 1.36 bits per heavy atom. The molecule has 6 nitrogen and oxygen atoms in total. The van der Waals surface area contributed by atoms with E-state index in [1.165, 1.54) is 18.9 Å². The SMILES string of the molecule is COC(O)COc1cc(C)c(Sc2cc(C(C)C)c(=O)[nH]n2)c(Cl)c1. The molecular weight excluding hydrogens is 364 g/mol. The number of nitrogens with zero attached hydrogens (tertiary/aromatic N) is 1. The highest BCUT2D eigenvalue weighted by molar-refractivity contribution is 7.99. The van der Waals surface area contributed by atoms with Crippen LogP contribution < -0.4 is 10.3 Å². The van der Waals surface area contributed by atoms with Gasteiger partial charge in [0.25, 0.3) is 5.56 Å². The van der Waals surface area contributed by atoms with Gasteiger partial charge in [-0.1, -0.05) is 37.2 Å². The van der Waals surface area contributed by atoms with Crippen LogP contribution in [0.1, 0.15) is 30.9 Å². The zero-order valence-corrected chi connectivity index (χ0v) is 16.1. The average Bonchev–Trinajstić information content (AvgIpc) is 2.57. The van der Waals surface area contributed by atoms with E-state index < -0.39 is 6.29 Å². The van der Waals surface area contributed by atoms with Gasteiger partial charge in [-0.2, -0.15) is 5.10 Å². The van der Waals surface area contributed by atoms with Gasteiger partial charge < -0.3 is 14.6 Å². The standard InChI is InChI=1S/C17H21ClN2O4S/c1-9(2)12-7-14(19-20-17(12)22)25-16-10(3)5-11(6-13(16)18)24-8-15(21)23-4/h5-7,9,15,21H,8H2,1-4H3,(H,20,22). The fourth-order valence-corrected chi connectivity index (χ4v) is 3.37. The number of aliphatic hydroxyl groups is 1. The topological polar surface area (TPSA) is 84.4 Å². The highest BCUT2D eigenvalue weighted by Crippen LogP contribution is 2.37. The van der Waals surface area contributed by atoms with Crippen LogP contribution in [0.5, 0.6) is 5.75 Å². The minimum absolute atomic E-state index is 0.0119. The first-order chi connectivity index (χ1) is 11.8. The quantitative estimate of drug-likeness (QED) is 0.712. The number of hydrogen-bond donors (Lipinski definition) is 2. The van der Waals surface area contributed by atoms with Crippen molar-refractivity contribution in [2.75, 3.05) is 13.7 Å². The van der Waals surface area contributed by atoms with E-state index >= 15 is 0 Å². The summed E-state index contributed by atoms with van der Waals surface area (Å²) in [6.07, 6.45) is -0.993. The predicted octanol–water partition coefficient (Wildman–Crippen LogP) is 3.35. The van der Waals surface area contributed by atoms with Crippen LogP contribution in [0.25, 0.3) is 0 Å². The first-order valence-electron chi connectivity index (χ1n) is 7.73. The van der Waals surface area contributed by atoms with Gasteiger partial charge in [0.05, 0.1) is 5.02 Å². The summed E-state index contributed by atoms with van der Waals surface area (Å²) in [5.41, 5.74) is 1.40. The van der Waals surface area contributed by atoms with E-state index in [0.717, 1.165) is 10.5 Å². The van der Waals surface area contributed by atoms with Crippen LogP contribution in [0.2, 0.25) is 5.02 Å². The summed E-state index contributed by atoms with van der Waals surface area (Å²) in [7, 11) is 1.40. The fourth-order valence-electron chi connectivity index (χ4n) is 2.13. The summed E-state index contributed by atoms with van der Waals surface area (Å²) in [5.74, 6) is 0.644. The Morgan fingerprint density at radius 2 is 2.08 bits per heavy atom. The molecule has 0 radical (unpaired) electrons. The number of halogens is 1. The number of methoxy groups -OCH3 is 1. The average molecular weight is 385 g/mol. The molecular formula is C17H21ClN2O4S. The summed E-state index contributed by atoms with van der Waals surface area (Å²) in [4.78, 5) is 12.6. The summed E-state index contributed by atoms with van der Waals surface area (Å²) in [5, 5.41) is 17.1. The molecule has 0 aliphatic heterocycles. The lowest BCUT2D eigenvalue weighted by molar-refractivity contribution is -0.0968. The molecule has 0 fully saturated rings. The van der Waals surface area contributed by atoms with E-state index in [9.17, 15) is 9.90 Å². The van der Waals surface area contributed by atoms with Crippen molar-refractivity contribution in [1.82, 2.24) is 10.2 Å². The van der Waals surface area contributed by atoms with Gasteiger partial charge in [-0.15, -0.1) is 0 Å². The number of hydrogen-bond acceptors (Lipinski definition) is 6. The van der Waals surface area contributed by atoms with Gasteiger partial charge in [0, 0.05) is 17.6 Å². The van der Waals surface area contributed by atoms with Crippen molar-refractivity contribution in [3.63, 3.8) is 0 Å². The molecule has 0 spiro atoms. The van der Waals surface area contributed by atoms with Crippen molar-refractivity contribution in [3.05, 3.63) is 44.7 Å². The van der Waals surface area contributed by atoms with Crippen LogP contribution in [0, 0.1) is 6.92 Å². The second-order valence-electron chi connectivity index (χ2n) is 5.80. The molecule has 136 valence electrons. The molecule has 0 saturated carbocycles. The number of aliphatic hydroxyl groups excluding tert-OH is 1. The molecule has 8 heteroatoms. The van der Waals surface area contributed by atoms with Gasteiger partial charge in [-0.3, -0.25) is 4.79 Å². The van der Waals surface area contributed by atoms with E-state index in [1.807, 2.05) is 26.8 Å². The van der Waals surface area contributed by atoms with Crippen molar-refractivity contribution < 1.29 is 14.6 Å². The molecule has 0 aliphatic rings. The van der Waals surface area contributed by atoms with Crippen molar-refractivity contribution in [1.29, 1.82) is 0 Å². The summed E-state index contributed by atoms with van der Waals surface area (Å²) in [6.45, 7) is 5.83. The van der Waals surface area contributed by atoms with E-state index in [4.69, 9.17) is 21.1 Å². The molecule has 25 heavy (non-hydrogen) atoms. The Kier molecular flexibility index (Phi) is 6.89. The Labute approximate surface area is 155 Å². The van der Waals surface area contributed by atoms with Gasteiger partial charge in [-0.25, -0.2) is 5.10 Å². The second-order valence-corrected chi connectivity index (χ2v) is 7.24. The van der Waals surface area contributed by atoms with Crippen molar-refractivity contribution in [2.45, 2.75) is 42.9 Å². The number of aryl methyl sites for hydroxylation is 1. The molecule has 1 unspecified atom stereocenters. The molecule has 2 rings (SSSR count). The maximum atomic E-state index is 11.8. The molecule has 1 aromatic carbocycles. The summed E-state index contributed by atoms with van der Waals surface area (Å²) < 4.78 is 10.2. The van der Waals surface area contributed by atoms with Crippen LogP contribution in [-0.2, 0) is 4.74 Å². The molecule has 2 aromatic rings. The zero-order chi connectivity index (χ0) is 18.6. The monoisotopic (exact) mass is 384 g/mol. The maximum absolute atomic E-state index is 11.8. The van der Waals surface area contributed by atoms with E-state index in [1.54, 1.807) is 12.1 Å². The number of rotatable bonds is 7. The van der Waals surface area contributed by atoms with Crippen molar-refractivity contribution in [3.8, 4) is 5.75 Å². The van der Waals surface area contributed by atoms with Gasteiger partial charge >= 0.3 is 0 Å². The van der Waals surface area contributed by atoms with E-state index in [0.29, 0.717) is 21.4 Å². The molecule has 0 saturated heterocycles. The van der Waals surface area contributed by atoms with Crippen molar-refractivity contribution in [2.24, 2.45) is 0 Å². The minimum atomic E-state index is -0.993. The predicted molar refractivity (Wildman–Crippen MR) is 97.8 cm³/mol. The third-order valence-corrected chi connectivity index (χ3v) is 5.08. The van der Waals surface area contributed by atoms with Gasteiger partial charge in [0.2, 0.25) is 0 Å². The molecule has 0 bridgehead atoms. The van der Waals surface area contributed by atoms with Crippen LogP contribution in [0.3, 0.4) is 0 Å². The smallest absolute Gasteiger partial charge is 0.267 e. The number of aromatic nitrogens is 2. The van der Waals surface area contributed by atoms with E-state index in [2.05, 4.69) is 10.2 Å². The third-order valence-electron chi connectivity index (χ3n) is 3.50. The lowest BCUT2D eigenvalue weighted by atomic mass is 10.1. The lowest BCUT2D eigenvalue weighted by Crippen LogP contribution is -2.19. The Hall–Kier alpha value is -1.54. The van der Waals surface area contributed by atoms with Crippen LogP contribution in [0.15, 0.2) is 32.9 Å². The molecule has 1 heterocycles. The summed E-state index contributed by atoms with van der Waals surface area (Å²) in [6, 6.07) is 5.28. The van der Waals surface area contributed by atoms with Crippen LogP contribution >= 0.6 is 23.4 Å². The Bertz CT molecular complexity index is 771. The lowest BCUT2D eigenvalue weighted by Gasteiger charge is -2.14. The highest BCUT2D eigenvalue weighted by Gasteiger charge is 2.13. The fraction of sp³-hybridized carbons (Fsp3) is 0.412. The third kappa shape index (κ3) is 5.22. The summed E-state index contributed by atoms with van der Waals surface area (Å²) >= 11 is 7.75. The number of nitrogens with one attached hydrogen (secondary N) is 1. The molecule has 2 N–H and O–H groups in total. The second kappa shape index (κ2) is 8.71. The van der Waals surface area contributed by atoms with Crippen molar-refractivity contribution >= 4 is 23.4 Å². The molecule has 0 amide bonds. The molecule has 0 aliphatic carbocycles. The zero-order valence-electron chi connectivity index (χ0n) is 14.5. The van der Waals surface area contributed by atoms with Gasteiger partial charge in [0.15, 0.2) is 6.29 Å². The molecule has 1 aromatic heterocycles. The van der Waals surface area contributed by atoms with Crippen LogP contribution in [0.4, 0.5) is 0 Å². The number of aromatic amines is 1. The first kappa shape index (κ1) is 19.8. The Balaban J connectivity index is 2.23. The van der Waals surface area contributed by atoms with Crippen LogP contribution in [-0.4, -0.2) is 35.3 Å². The number of H-pyrrole nitrogens is 1. The Morgan fingerprint density at radius 3 is 2.68 bits per heavy atom. The van der Waals surface area contributed by atoms with Gasteiger partial charge in [-0.05, 0) is 36.6 Å². The normalized spacial score (nSPS) is 12.4.